The molecule has 1 amide bonds. The molecular weight excluding hydrogens is 234 g/mol. The fraction of sp³-hybridized carbons (Fsp3) is 0.778. The normalized spacial score (nSPS) is 11.1. The Balaban J connectivity index is 3.41. The van der Waals surface area contributed by atoms with Crippen LogP contribution in [-0.4, -0.2) is 37.5 Å². The van der Waals surface area contributed by atoms with Crippen LogP contribution >= 0.6 is 0 Å². The molecule has 0 aromatic rings. The number of hydrogen-bond donors (Lipinski definition) is 2. The molecule has 1 radical (unpaired) electrons. The van der Waals surface area contributed by atoms with Crippen LogP contribution in [0.4, 0.5) is 0 Å². The Kier molecular flexibility index (Phi) is 7.74. The van der Waals surface area contributed by atoms with E-state index in [4.69, 9.17) is 4.55 Å². The van der Waals surface area contributed by atoms with Gasteiger partial charge in [-0.15, -0.1) is 0 Å². The van der Waals surface area contributed by atoms with E-state index in [9.17, 15) is 18.0 Å². The first-order chi connectivity index (χ1) is 7.45. The summed E-state index contributed by atoms with van der Waals surface area (Å²) in [5.41, 5.74) is 0. The van der Waals surface area contributed by atoms with Gasteiger partial charge in [0.1, 0.15) is 0 Å². The van der Waals surface area contributed by atoms with E-state index in [0.29, 0.717) is 13.0 Å². The Morgan fingerprint density at radius 1 is 1.25 bits per heavy atom. The summed E-state index contributed by atoms with van der Waals surface area (Å²) in [4.78, 5) is 20.9. The third-order valence-electron chi connectivity index (χ3n) is 1.86. The van der Waals surface area contributed by atoms with Crippen molar-refractivity contribution >= 4 is 22.3 Å². The van der Waals surface area contributed by atoms with Gasteiger partial charge < -0.3 is 5.32 Å². The maximum atomic E-state index is 11.0. The highest BCUT2D eigenvalue weighted by Crippen LogP contribution is 1.96. The van der Waals surface area contributed by atoms with Crippen LogP contribution in [0.15, 0.2) is 0 Å². The summed E-state index contributed by atoms with van der Waals surface area (Å²) in [6.07, 6.45) is 4.23. The predicted octanol–water partition coefficient (Wildman–Crippen LogP) is 0.0506. The monoisotopic (exact) mass is 250 g/mol. The molecule has 0 heterocycles. The number of nitrogens with one attached hydrogen (secondary N) is 1. The molecule has 0 aliphatic heterocycles. The van der Waals surface area contributed by atoms with E-state index in [1.54, 1.807) is 6.29 Å². The van der Waals surface area contributed by atoms with Crippen LogP contribution in [0.1, 0.15) is 32.1 Å². The van der Waals surface area contributed by atoms with Crippen LogP contribution in [0.3, 0.4) is 0 Å². The first-order valence-corrected chi connectivity index (χ1v) is 6.63. The Labute approximate surface area is 95.2 Å². The van der Waals surface area contributed by atoms with Gasteiger partial charge in [-0.3, -0.25) is 14.1 Å². The summed E-state index contributed by atoms with van der Waals surface area (Å²) in [6, 6.07) is 0. The van der Waals surface area contributed by atoms with Crippen molar-refractivity contribution < 1.29 is 22.6 Å². The summed E-state index contributed by atoms with van der Waals surface area (Å²) in [7, 11) is -4.07. The lowest BCUT2D eigenvalue weighted by Gasteiger charge is -2.03. The van der Waals surface area contributed by atoms with Crippen molar-refractivity contribution in [1.29, 1.82) is 0 Å². The molecule has 7 heteroatoms. The molecule has 6 nitrogen and oxygen atoms in total. The smallest absolute Gasteiger partial charge is 0.265 e. The molecule has 16 heavy (non-hydrogen) atoms. The second kappa shape index (κ2) is 8.23. The summed E-state index contributed by atoms with van der Waals surface area (Å²) in [5.74, 6) is -0.960. The maximum Gasteiger partial charge on any atom is 0.265 e. The number of unbranched alkanes of at least 4 members (excludes halogenated alkanes) is 3. The van der Waals surface area contributed by atoms with Crippen molar-refractivity contribution in [2.24, 2.45) is 0 Å². The van der Waals surface area contributed by atoms with Crippen molar-refractivity contribution in [2.45, 2.75) is 32.1 Å². The molecule has 2 N–H and O–H groups in total. The van der Waals surface area contributed by atoms with Crippen molar-refractivity contribution in [1.82, 2.24) is 5.32 Å². The van der Waals surface area contributed by atoms with E-state index in [1.165, 1.54) is 0 Å². The zero-order chi connectivity index (χ0) is 12.4. The molecule has 0 aliphatic carbocycles. The Bertz CT molecular complexity index is 312. The third kappa shape index (κ3) is 11.1. The van der Waals surface area contributed by atoms with Gasteiger partial charge in [0.25, 0.3) is 10.1 Å². The predicted molar refractivity (Wildman–Crippen MR) is 58.2 cm³/mol. The third-order valence-corrected chi connectivity index (χ3v) is 2.58. The van der Waals surface area contributed by atoms with Gasteiger partial charge in [0.15, 0.2) is 6.29 Å². The molecule has 0 atom stereocenters. The lowest BCUT2D eigenvalue weighted by atomic mass is 10.2. The maximum absolute atomic E-state index is 11.0. The van der Waals surface area contributed by atoms with Gasteiger partial charge in [-0.25, -0.2) is 0 Å². The Morgan fingerprint density at radius 3 is 2.50 bits per heavy atom. The molecular formula is C9H16NO5S. The number of hydrogen-bond acceptors (Lipinski definition) is 4. The molecule has 0 aliphatic rings. The van der Waals surface area contributed by atoms with Gasteiger partial charge in [-0.1, -0.05) is 6.42 Å². The Hall–Kier alpha value is -0.950. The average molecular weight is 250 g/mol. The highest BCUT2D eigenvalue weighted by molar-refractivity contribution is 7.85. The quantitative estimate of drug-likeness (QED) is 0.445. The first kappa shape index (κ1) is 15.0. The molecule has 0 bridgehead atoms. The molecule has 0 fully saturated rings. The fourth-order valence-corrected chi connectivity index (χ4v) is 1.48. The van der Waals surface area contributed by atoms with Crippen molar-refractivity contribution in [3.63, 3.8) is 0 Å². The van der Waals surface area contributed by atoms with Gasteiger partial charge in [0.05, 0.1) is 5.75 Å². The van der Waals surface area contributed by atoms with Gasteiger partial charge in [-0.05, 0) is 12.8 Å². The highest BCUT2D eigenvalue weighted by atomic mass is 32.2. The number of amides is 1. The first-order valence-electron chi connectivity index (χ1n) is 5.02. The second-order valence-corrected chi connectivity index (χ2v) is 4.91. The number of rotatable bonds is 9. The summed E-state index contributed by atoms with van der Waals surface area (Å²) >= 11 is 0. The van der Waals surface area contributed by atoms with Gasteiger partial charge in [0, 0.05) is 19.4 Å². The second-order valence-electron chi connectivity index (χ2n) is 3.34. The van der Waals surface area contributed by atoms with E-state index < -0.39 is 21.8 Å². The van der Waals surface area contributed by atoms with Crippen LogP contribution in [-0.2, 0) is 19.7 Å². The SMILES string of the molecule is O=[C]CCCCCNC(=O)CCS(=O)(=O)O. The molecule has 93 valence electrons. The lowest BCUT2D eigenvalue weighted by Crippen LogP contribution is -2.26. The number of carbonyl (C=O) groups is 1. The van der Waals surface area contributed by atoms with Gasteiger partial charge >= 0.3 is 0 Å². The minimum absolute atomic E-state index is 0.235. The zero-order valence-electron chi connectivity index (χ0n) is 8.94. The zero-order valence-corrected chi connectivity index (χ0v) is 9.75. The minimum atomic E-state index is -4.07. The average Bonchev–Trinajstić information content (AvgIpc) is 2.19. The van der Waals surface area contributed by atoms with Crippen LogP contribution in [0, 0.1) is 0 Å². The minimum Gasteiger partial charge on any atom is -0.356 e. The molecule has 0 unspecified atom stereocenters. The Morgan fingerprint density at radius 2 is 1.94 bits per heavy atom. The van der Waals surface area contributed by atoms with E-state index in [2.05, 4.69) is 5.32 Å². The van der Waals surface area contributed by atoms with E-state index >= 15 is 0 Å². The molecule has 0 aromatic carbocycles. The highest BCUT2D eigenvalue weighted by Gasteiger charge is 2.08. The van der Waals surface area contributed by atoms with Crippen LogP contribution in [0.2, 0.25) is 0 Å². The van der Waals surface area contributed by atoms with Crippen molar-refractivity contribution in [2.75, 3.05) is 12.3 Å². The summed E-state index contributed by atoms with van der Waals surface area (Å²) < 4.78 is 29.0. The van der Waals surface area contributed by atoms with E-state index in [-0.39, 0.29) is 6.42 Å². The number of carbonyl (C=O) groups excluding carboxylic acids is 2. The summed E-state index contributed by atoms with van der Waals surface area (Å²) in [5, 5.41) is 2.52. The topological polar surface area (TPSA) is 101 Å². The largest absolute Gasteiger partial charge is 0.356 e. The van der Waals surface area contributed by atoms with Gasteiger partial charge in [-0.2, -0.15) is 8.42 Å². The van der Waals surface area contributed by atoms with E-state index in [1.807, 2.05) is 0 Å². The molecule has 0 spiro atoms. The van der Waals surface area contributed by atoms with Crippen LogP contribution in [0.5, 0.6) is 0 Å². The standard InChI is InChI=1S/C9H16NO5S/c11-7-4-2-1-3-6-10-9(12)5-8-16(13,14)15/h1-6,8H2,(H,10,12)(H,13,14,15). The summed E-state index contributed by atoms with van der Waals surface area (Å²) in [6.45, 7) is 0.448. The van der Waals surface area contributed by atoms with E-state index in [0.717, 1.165) is 19.3 Å². The fourth-order valence-electron chi connectivity index (χ4n) is 1.04. The van der Waals surface area contributed by atoms with Crippen molar-refractivity contribution in [3.8, 4) is 0 Å². The molecule has 0 rings (SSSR count). The van der Waals surface area contributed by atoms with Gasteiger partial charge in [0.2, 0.25) is 5.91 Å². The van der Waals surface area contributed by atoms with Crippen LogP contribution < -0.4 is 5.32 Å². The molecule has 0 saturated carbocycles. The lowest BCUT2D eigenvalue weighted by molar-refractivity contribution is -0.120. The van der Waals surface area contributed by atoms with Crippen molar-refractivity contribution in [3.05, 3.63) is 0 Å². The molecule has 0 saturated heterocycles. The van der Waals surface area contributed by atoms with Crippen LogP contribution in [0.25, 0.3) is 0 Å². The molecule has 0 aromatic heterocycles.